The van der Waals surface area contributed by atoms with E-state index in [0.29, 0.717) is 24.9 Å². The Morgan fingerprint density at radius 1 is 1.07 bits per heavy atom. The highest BCUT2D eigenvalue weighted by molar-refractivity contribution is 5.91. The van der Waals surface area contributed by atoms with E-state index in [2.05, 4.69) is 10.6 Å². The monoisotopic (exact) mass is 410 g/mol. The molecule has 1 aliphatic rings. The van der Waals surface area contributed by atoms with Crippen LogP contribution in [0, 0.1) is 10.1 Å². The van der Waals surface area contributed by atoms with Crippen LogP contribution >= 0.6 is 0 Å². The summed E-state index contributed by atoms with van der Waals surface area (Å²) in [5.41, 5.74) is 0.415. The van der Waals surface area contributed by atoms with Crippen molar-refractivity contribution in [1.82, 2.24) is 15.5 Å². The molecule has 0 saturated heterocycles. The van der Waals surface area contributed by atoms with Crippen LogP contribution in [0.4, 0.5) is 10.5 Å². The fourth-order valence-electron chi connectivity index (χ4n) is 3.93. The highest BCUT2D eigenvalue weighted by atomic mass is 16.6. The molecule has 2 aromatic rings. The van der Waals surface area contributed by atoms with Crippen molar-refractivity contribution in [2.24, 2.45) is 0 Å². The van der Waals surface area contributed by atoms with Gasteiger partial charge in [0.25, 0.3) is 5.69 Å². The number of nitro groups is 1. The van der Waals surface area contributed by atoms with Crippen molar-refractivity contribution in [2.45, 2.75) is 44.3 Å². The van der Waals surface area contributed by atoms with Crippen LogP contribution in [0.25, 0.3) is 0 Å². The fourth-order valence-corrected chi connectivity index (χ4v) is 3.93. The van der Waals surface area contributed by atoms with Crippen LogP contribution < -0.4 is 10.6 Å². The minimum atomic E-state index is -0.987. The summed E-state index contributed by atoms with van der Waals surface area (Å²) in [6.07, 6.45) is 2.77. The van der Waals surface area contributed by atoms with Gasteiger partial charge in [0.15, 0.2) is 0 Å². The van der Waals surface area contributed by atoms with Crippen molar-refractivity contribution in [2.75, 3.05) is 7.05 Å². The van der Waals surface area contributed by atoms with Crippen LogP contribution in [0.2, 0.25) is 0 Å². The highest BCUT2D eigenvalue weighted by Crippen LogP contribution is 2.32. The number of carbonyl (C=O) groups excluding carboxylic acids is 2. The molecule has 0 heterocycles. The van der Waals surface area contributed by atoms with Gasteiger partial charge in [-0.25, -0.2) is 4.79 Å². The number of likely N-dealkylation sites (N-methyl/N-ethyl adjacent to an activating group) is 1. The standard InChI is InChI=1S/C22H26N4O4/c1-25(16-18-11-5-6-12-19(18)26(29)30)20(27)22(13-7-8-14-22)24-21(28)23-15-17-9-3-2-4-10-17/h2-6,9-12H,7-8,13-16H2,1H3,(H2,23,24,28). The third-order valence-corrected chi connectivity index (χ3v) is 5.46. The van der Waals surface area contributed by atoms with Crippen molar-refractivity contribution in [3.8, 4) is 0 Å². The van der Waals surface area contributed by atoms with Crippen molar-refractivity contribution < 1.29 is 14.5 Å². The average molecular weight is 410 g/mol. The summed E-state index contributed by atoms with van der Waals surface area (Å²) < 4.78 is 0. The second-order valence-corrected chi connectivity index (χ2v) is 7.63. The first-order valence-electron chi connectivity index (χ1n) is 9.99. The predicted octanol–water partition coefficient (Wildman–Crippen LogP) is 3.37. The average Bonchev–Trinajstić information content (AvgIpc) is 3.22. The summed E-state index contributed by atoms with van der Waals surface area (Å²) >= 11 is 0. The molecule has 158 valence electrons. The van der Waals surface area contributed by atoms with Gasteiger partial charge in [-0.05, 0) is 18.4 Å². The summed E-state index contributed by atoms with van der Waals surface area (Å²) in [7, 11) is 1.61. The quantitative estimate of drug-likeness (QED) is 0.539. The molecule has 0 atom stereocenters. The number of hydrogen-bond donors (Lipinski definition) is 2. The highest BCUT2D eigenvalue weighted by Gasteiger charge is 2.44. The van der Waals surface area contributed by atoms with Crippen molar-refractivity contribution in [1.29, 1.82) is 0 Å². The molecule has 0 unspecified atom stereocenters. The molecule has 30 heavy (non-hydrogen) atoms. The fraction of sp³-hybridized carbons (Fsp3) is 0.364. The number of urea groups is 1. The molecule has 1 fully saturated rings. The second-order valence-electron chi connectivity index (χ2n) is 7.63. The lowest BCUT2D eigenvalue weighted by atomic mass is 9.95. The van der Waals surface area contributed by atoms with Crippen LogP contribution in [-0.4, -0.2) is 34.3 Å². The zero-order valence-electron chi connectivity index (χ0n) is 17.0. The molecule has 0 bridgehead atoms. The number of hydrogen-bond acceptors (Lipinski definition) is 4. The first-order chi connectivity index (χ1) is 14.4. The molecule has 8 nitrogen and oxygen atoms in total. The third-order valence-electron chi connectivity index (χ3n) is 5.46. The van der Waals surface area contributed by atoms with Gasteiger partial charge in [-0.3, -0.25) is 14.9 Å². The molecule has 0 radical (unpaired) electrons. The van der Waals surface area contributed by atoms with Gasteiger partial charge in [0.1, 0.15) is 5.54 Å². The second kappa shape index (κ2) is 9.39. The molecular weight excluding hydrogens is 384 g/mol. The third kappa shape index (κ3) is 4.94. The largest absolute Gasteiger partial charge is 0.339 e. The Balaban J connectivity index is 1.67. The van der Waals surface area contributed by atoms with E-state index in [9.17, 15) is 19.7 Å². The molecule has 1 aliphatic carbocycles. The Morgan fingerprint density at radius 3 is 2.37 bits per heavy atom. The van der Waals surface area contributed by atoms with Gasteiger partial charge in [-0.15, -0.1) is 0 Å². The lowest BCUT2D eigenvalue weighted by Crippen LogP contribution is -2.59. The van der Waals surface area contributed by atoms with Gasteiger partial charge < -0.3 is 15.5 Å². The number of benzene rings is 2. The van der Waals surface area contributed by atoms with Gasteiger partial charge in [0.2, 0.25) is 5.91 Å². The molecule has 8 heteroatoms. The summed E-state index contributed by atoms with van der Waals surface area (Å²) in [5.74, 6) is -0.229. The Morgan fingerprint density at radius 2 is 1.70 bits per heavy atom. The number of nitrogens with zero attached hydrogens (tertiary/aromatic N) is 2. The smallest absolute Gasteiger partial charge is 0.315 e. The van der Waals surface area contributed by atoms with E-state index < -0.39 is 16.5 Å². The summed E-state index contributed by atoms with van der Waals surface area (Å²) in [5, 5.41) is 17.0. The van der Waals surface area contributed by atoms with Gasteiger partial charge in [0.05, 0.1) is 11.5 Å². The first-order valence-corrected chi connectivity index (χ1v) is 9.99. The first kappa shape index (κ1) is 21.3. The van der Waals surface area contributed by atoms with Gasteiger partial charge in [-0.1, -0.05) is 61.4 Å². The summed E-state index contributed by atoms with van der Waals surface area (Å²) in [6, 6.07) is 15.5. The number of amides is 3. The molecule has 1 saturated carbocycles. The van der Waals surface area contributed by atoms with Gasteiger partial charge in [-0.2, -0.15) is 0 Å². The van der Waals surface area contributed by atoms with Crippen molar-refractivity contribution in [3.63, 3.8) is 0 Å². The van der Waals surface area contributed by atoms with Crippen molar-refractivity contribution in [3.05, 3.63) is 75.8 Å². The van der Waals surface area contributed by atoms with Crippen molar-refractivity contribution >= 4 is 17.6 Å². The lowest BCUT2D eigenvalue weighted by Gasteiger charge is -2.33. The Labute approximate surface area is 175 Å². The van der Waals surface area contributed by atoms with E-state index in [1.54, 1.807) is 25.2 Å². The van der Waals surface area contributed by atoms with Crippen LogP contribution in [-0.2, 0) is 17.9 Å². The van der Waals surface area contributed by atoms with E-state index in [4.69, 9.17) is 0 Å². The lowest BCUT2D eigenvalue weighted by molar-refractivity contribution is -0.385. The van der Waals surface area contributed by atoms with Crippen LogP contribution in [0.5, 0.6) is 0 Å². The Bertz CT molecular complexity index is 910. The van der Waals surface area contributed by atoms with Crippen LogP contribution in [0.3, 0.4) is 0 Å². The molecule has 3 amide bonds. The minimum Gasteiger partial charge on any atom is -0.339 e. The molecular formula is C22H26N4O4. The Hall–Kier alpha value is -3.42. The normalized spacial score (nSPS) is 14.7. The van der Waals surface area contributed by atoms with E-state index in [-0.39, 0.29) is 18.1 Å². The maximum atomic E-state index is 13.3. The van der Waals surface area contributed by atoms with Crippen LogP contribution in [0.15, 0.2) is 54.6 Å². The summed E-state index contributed by atoms with van der Waals surface area (Å²) in [6.45, 7) is 0.466. The van der Waals surface area contributed by atoms with Gasteiger partial charge in [0, 0.05) is 25.2 Å². The minimum absolute atomic E-state index is 0.0221. The van der Waals surface area contributed by atoms with E-state index in [0.717, 1.165) is 18.4 Å². The molecule has 2 aromatic carbocycles. The molecule has 0 spiro atoms. The van der Waals surface area contributed by atoms with Crippen LogP contribution in [0.1, 0.15) is 36.8 Å². The molecule has 2 N–H and O–H groups in total. The zero-order chi connectivity index (χ0) is 21.6. The van der Waals surface area contributed by atoms with E-state index >= 15 is 0 Å². The topological polar surface area (TPSA) is 105 Å². The predicted molar refractivity (Wildman–Crippen MR) is 113 cm³/mol. The maximum absolute atomic E-state index is 13.3. The number of nitro benzene ring substituents is 1. The molecule has 3 rings (SSSR count). The SMILES string of the molecule is CN(Cc1ccccc1[N+](=O)[O-])C(=O)C1(NC(=O)NCc2ccccc2)CCCC1. The Kier molecular flexibility index (Phi) is 6.66. The van der Waals surface area contributed by atoms with E-state index in [1.165, 1.54) is 11.0 Å². The number of para-hydroxylation sites is 1. The number of rotatable bonds is 7. The van der Waals surface area contributed by atoms with Gasteiger partial charge >= 0.3 is 6.03 Å². The number of nitrogens with one attached hydrogen (secondary N) is 2. The summed E-state index contributed by atoms with van der Waals surface area (Å²) in [4.78, 5) is 38.1. The number of carbonyl (C=O) groups is 2. The zero-order valence-corrected chi connectivity index (χ0v) is 17.0. The molecule has 0 aliphatic heterocycles. The molecule has 0 aromatic heterocycles. The van der Waals surface area contributed by atoms with E-state index in [1.807, 2.05) is 30.3 Å². The maximum Gasteiger partial charge on any atom is 0.315 e.